The summed E-state index contributed by atoms with van der Waals surface area (Å²) in [7, 11) is -1.92. The molecule has 0 aromatic heterocycles. The van der Waals surface area contributed by atoms with Crippen LogP contribution in [-0.4, -0.2) is 8.56 Å². The molecule has 0 heterocycles. The Hall–Kier alpha value is -0.703. The van der Waals surface area contributed by atoms with E-state index >= 15 is 0 Å². The number of rotatable bonds is 4. The number of hydrogen-bond acceptors (Lipinski definition) is 2. The minimum atomic E-state index is -1.92. The molecule has 0 amide bonds. The van der Waals surface area contributed by atoms with Gasteiger partial charge < -0.3 is 8.85 Å². The van der Waals surface area contributed by atoms with Gasteiger partial charge in [0.2, 0.25) is 0 Å². The predicted octanol–water partition coefficient (Wildman–Crippen LogP) is 2.79. The van der Waals surface area contributed by atoms with Gasteiger partial charge in [-0.25, -0.2) is 0 Å². The van der Waals surface area contributed by atoms with Crippen LogP contribution in [0.15, 0.2) is 24.7 Å². The van der Waals surface area contributed by atoms with Crippen LogP contribution in [0.5, 0.6) is 0 Å². The van der Waals surface area contributed by atoms with E-state index in [-0.39, 0.29) is 0 Å². The van der Waals surface area contributed by atoms with E-state index in [4.69, 9.17) is 8.85 Å². The third-order valence-electron chi connectivity index (χ3n) is 0.976. The van der Waals surface area contributed by atoms with Gasteiger partial charge in [-0.05, 0) is 13.8 Å². The lowest BCUT2D eigenvalue weighted by Gasteiger charge is -2.19. The summed E-state index contributed by atoms with van der Waals surface area (Å²) in [5.74, 6) is 0. The fraction of sp³-hybridized carbons (Fsp3) is 0.500. The van der Waals surface area contributed by atoms with Gasteiger partial charge in [-0.3, -0.25) is 0 Å². The van der Waals surface area contributed by atoms with Gasteiger partial charge in [-0.1, -0.05) is 12.2 Å². The van der Waals surface area contributed by atoms with Crippen molar-refractivity contribution in [2.75, 3.05) is 0 Å². The van der Waals surface area contributed by atoms with Crippen LogP contribution in [0.1, 0.15) is 13.8 Å². The highest BCUT2D eigenvalue weighted by Gasteiger charge is 2.24. The van der Waals surface area contributed by atoms with Gasteiger partial charge in [0.1, 0.15) is 0 Å². The first-order chi connectivity index (χ1) is 5.12. The van der Waals surface area contributed by atoms with Crippen LogP contribution in [0.2, 0.25) is 13.1 Å². The molecular formula is C8H16O2Si. The summed E-state index contributed by atoms with van der Waals surface area (Å²) < 4.78 is 10.7. The molecule has 0 aromatic rings. The molecule has 3 heteroatoms. The summed E-state index contributed by atoms with van der Waals surface area (Å²) >= 11 is 0. The van der Waals surface area contributed by atoms with E-state index in [1.165, 1.54) is 0 Å². The molecule has 0 saturated carbocycles. The topological polar surface area (TPSA) is 18.5 Å². The molecule has 0 fully saturated rings. The van der Waals surface area contributed by atoms with E-state index in [2.05, 4.69) is 0 Å². The Morgan fingerprint density at radius 2 is 1.27 bits per heavy atom. The molecule has 0 aliphatic heterocycles. The molecule has 0 spiro atoms. The van der Waals surface area contributed by atoms with Crippen LogP contribution >= 0.6 is 0 Å². The van der Waals surface area contributed by atoms with E-state index < -0.39 is 8.56 Å². The molecule has 0 bridgehead atoms. The molecule has 0 radical (unpaired) electrons. The first-order valence-corrected chi connectivity index (χ1v) is 6.52. The van der Waals surface area contributed by atoms with E-state index in [1.54, 1.807) is 12.5 Å². The van der Waals surface area contributed by atoms with Crippen LogP contribution < -0.4 is 0 Å². The van der Waals surface area contributed by atoms with E-state index in [0.717, 1.165) is 0 Å². The zero-order chi connectivity index (χ0) is 8.74. The fourth-order valence-corrected chi connectivity index (χ4v) is 1.47. The largest absolute Gasteiger partial charge is 0.519 e. The molecule has 0 aromatic carbocycles. The maximum absolute atomic E-state index is 5.37. The second kappa shape index (κ2) is 5.01. The fourth-order valence-electron chi connectivity index (χ4n) is 0.492. The Labute approximate surface area is 69.8 Å². The van der Waals surface area contributed by atoms with Crippen molar-refractivity contribution >= 4 is 8.56 Å². The highest BCUT2D eigenvalue weighted by atomic mass is 28.4. The average Bonchev–Trinajstić information content (AvgIpc) is 1.97. The van der Waals surface area contributed by atoms with Crippen LogP contribution in [0.25, 0.3) is 0 Å². The van der Waals surface area contributed by atoms with Crippen LogP contribution in [0, 0.1) is 0 Å². The van der Waals surface area contributed by atoms with Gasteiger partial charge >= 0.3 is 8.56 Å². The van der Waals surface area contributed by atoms with Crippen LogP contribution in [0.3, 0.4) is 0 Å². The molecular weight excluding hydrogens is 156 g/mol. The van der Waals surface area contributed by atoms with Gasteiger partial charge in [-0.15, -0.1) is 0 Å². The Balaban J connectivity index is 3.78. The molecule has 0 aliphatic carbocycles. The Bertz CT molecular complexity index is 134. The van der Waals surface area contributed by atoms with Crippen molar-refractivity contribution in [2.45, 2.75) is 26.9 Å². The van der Waals surface area contributed by atoms with Gasteiger partial charge in [0.25, 0.3) is 0 Å². The van der Waals surface area contributed by atoms with E-state index in [0.29, 0.717) is 0 Å². The summed E-state index contributed by atoms with van der Waals surface area (Å²) in [5, 5.41) is 0. The minimum Gasteiger partial charge on any atom is -0.519 e. The quantitative estimate of drug-likeness (QED) is 0.479. The van der Waals surface area contributed by atoms with Gasteiger partial charge in [0.15, 0.2) is 0 Å². The third kappa shape index (κ3) is 5.73. The number of hydrogen-bond donors (Lipinski definition) is 0. The molecule has 0 atom stereocenters. The molecule has 0 unspecified atom stereocenters. The SMILES string of the molecule is CC=CO[Si](C)(C)OC=CC. The normalized spacial score (nSPS) is 12.7. The molecule has 0 rings (SSSR count). The lowest BCUT2D eigenvalue weighted by atomic mass is 10.8. The molecule has 0 saturated heterocycles. The summed E-state index contributed by atoms with van der Waals surface area (Å²) in [6, 6.07) is 0. The molecule has 64 valence electrons. The summed E-state index contributed by atoms with van der Waals surface area (Å²) in [4.78, 5) is 0. The number of allylic oxidation sites excluding steroid dienone is 2. The lowest BCUT2D eigenvalue weighted by molar-refractivity contribution is 0.319. The van der Waals surface area contributed by atoms with Gasteiger partial charge in [0, 0.05) is 13.1 Å². The van der Waals surface area contributed by atoms with E-state index in [9.17, 15) is 0 Å². The van der Waals surface area contributed by atoms with Crippen molar-refractivity contribution < 1.29 is 8.85 Å². The Morgan fingerprint density at radius 3 is 1.55 bits per heavy atom. The standard InChI is InChI=1S/C8H16O2Si/c1-5-7-9-11(3,4)10-8-6-2/h5-8H,1-4H3. The third-order valence-corrected chi connectivity index (χ3v) is 2.38. The second-order valence-electron chi connectivity index (χ2n) is 2.57. The maximum Gasteiger partial charge on any atom is 0.453 e. The zero-order valence-electron chi connectivity index (χ0n) is 7.63. The lowest BCUT2D eigenvalue weighted by Crippen LogP contribution is -2.30. The molecule has 2 nitrogen and oxygen atoms in total. The zero-order valence-corrected chi connectivity index (χ0v) is 8.63. The summed E-state index contributed by atoms with van der Waals surface area (Å²) in [6.45, 7) is 7.82. The first-order valence-electron chi connectivity index (χ1n) is 3.70. The maximum atomic E-state index is 5.37. The van der Waals surface area contributed by atoms with Crippen molar-refractivity contribution in [1.82, 2.24) is 0 Å². The highest BCUT2D eigenvalue weighted by Crippen LogP contribution is 2.06. The average molecular weight is 172 g/mol. The van der Waals surface area contributed by atoms with Crippen molar-refractivity contribution in [3.05, 3.63) is 24.7 Å². The predicted molar refractivity (Wildman–Crippen MR) is 49.3 cm³/mol. The Kier molecular flexibility index (Phi) is 4.69. The molecule has 0 aliphatic rings. The van der Waals surface area contributed by atoms with E-state index in [1.807, 2.05) is 39.1 Å². The Morgan fingerprint density at radius 1 is 0.909 bits per heavy atom. The molecule has 0 N–H and O–H groups in total. The summed E-state index contributed by atoms with van der Waals surface area (Å²) in [6.07, 6.45) is 7.06. The van der Waals surface area contributed by atoms with Crippen molar-refractivity contribution in [3.8, 4) is 0 Å². The monoisotopic (exact) mass is 172 g/mol. The van der Waals surface area contributed by atoms with Crippen molar-refractivity contribution in [3.63, 3.8) is 0 Å². The summed E-state index contributed by atoms with van der Waals surface area (Å²) in [5.41, 5.74) is 0. The van der Waals surface area contributed by atoms with Gasteiger partial charge in [-0.2, -0.15) is 0 Å². The molecule has 11 heavy (non-hydrogen) atoms. The van der Waals surface area contributed by atoms with Crippen LogP contribution in [-0.2, 0) is 8.85 Å². The van der Waals surface area contributed by atoms with Crippen molar-refractivity contribution in [1.29, 1.82) is 0 Å². The van der Waals surface area contributed by atoms with Gasteiger partial charge in [0.05, 0.1) is 12.5 Å². The second-order valence-corrected chi connectivity index (χ2v) is 5.85. The van der Waals surface area contributed by atoms with Crippen molar-refractivity contribution in [2.24, 2.45) is 0 Å². The smallest absolute Gasteiger partial charge is 0.453 e. The first kappa shape index (κ1) is 10.3. The highest BCUT2D eigenvalue weighted by molar-refractivity contribution is 6.64. The van der Waals surface area contributed by atoms with Crippen LogP contribution in [0.4, 0.5) is 0 Å². The minimum absolute atomic E-state index is 1.68.